The Morgan fingerprint density at radius 2 is 1.65 bits per heavy atom. The maximum absolute atomic E-state index is 12.7. The summed E-state index contributed by atoms with van der Waals surface area (Å²) < 4.78 is 43.8. The van der Waals surface area contributed by atoms with Crippen LogP contribution in [0.25, 0.3) is 0 Å². The number of piperidine rings is 1. The lowest BCUT2D eigenvalue weighted by atomic mass is 9.64. The second kappa shape index (κ2) is 8.64. The minimum atomic E-state index is -4.37. The SMILES string of the molecule is OC1(COc2ccc(C(F)(F)F)cc2)CCCN(CC2(c3ccc(Cl)cc3)CCC2)C1. The predicted octanol–water partition coefficient (Wildman–Crippen LogP) is 5.69. The minimum Gasteiger partial charge on any atom is -0.491 e. The normalized spacial score (nSPS) is 23.9. The molecule has 7 heteroatoms. The standard InChI is InChI=1S/C24H27ClF3NO2/c25-20-7-3-18(4-8-20)22(11-1-12-22)15-29-14-2-13-23(30,16-29)17-31-21-9-5-19(6-10-21)24(26,27)28/h3-10,30H,1-2,11-17H2. The predicted molar refractivity (Wildman–Crippen MR) is 115 cm³/mol. The Morgan fingerprint density at radius 1 is 0.968 bits per heavy atom. The fourth-order valence-electron chi connectivity index (χ4n) is 4.79. The van der Waals surface area contributed by atoms with Crippen LogP contribution >= 0.6 is 11.6 Å². The van der Waals surface area contributed by atoms with Gasteiger partial charge in [-0.25, -0.2) is 0 Å². The molecule has 0 bridgehead atoms. The molecule has 168 valence electrons. The third-order valence-electron chi connectivity index (χ3n) is 6.62. The number of rotatable bonds is 6. The van der Waals surface area contributed by atoms with Gasteiger partial charge in [-0.3, -0.25) is 4.90 Å². The average molecular weight is 454 g/mol. The van der Waals surface area contributed by atoms with Crippen LogP contribution in [0.15, 0.2) is 48.5 Å². The molecule has 2 aromatic rings. The summed E-state index contributed by atoms with van der Waals surface area (Å²) in [5, 5.41) is 11.8. The topological polar surface area (TPSA) is 32.7 Å². The van der Waals surface area contributed by atoms with E-state index >= 15 is 0 Å². The second-order valence-corrected chi connectivity index (χ2v) is 9.43. The molecule has 4 rings (SSSR count). The van der Waals surface area contributed by atoms with E-state index in [1.54, 1.807) is 0 Å². The van der Waals surface area contributed by atoms with E-state index in [1.165, 1.54) is 24.1 Å². The zero-order valence-electron chi connectivity index (χ0n) is 17.3. The molecule has 0 spiro atoms. The monoisotopic (exact) mass is 453 g/mol. The highest BCUT2D eigenvalue weighted by molar-refractivity contribution is 6.30. The molecule has 31 heavy (non-hydrogen) atoms. The first-order valence-electron chi connectivity index (χ1n) is 10.7. The maximum atomic E-state index is 12.7. The summed E-state index contributed by atoms with van der Waals surface area (Å²) in [5.41, 5.74) is -0.350. The highest BCUT2D eigenvalue weighted by Gasteiger charge is 2.43. The molecule has 0 amide bonds. The van der Waals surface area contributed by atoms with Gasteiger partial charge in [-0.15, -0.1) is 0 Å². The van der Waals surface area contributed by atoms with Crippen LogP contribution in [-0.2, 0) is 11.6 Å². The van der Waals surface area contributed by atoms with Crippen LogP contribution in [0.4, 0.5) is 13.2 Å². The third kappa shape index (κ3) is 5.18. The number of ether oxygens (including phenoxy) is 1. The van der Waals surface area contributed by atoms with Gasteiger partial charge in [-0.1, -0.05) is 30.2 Å². The molecule has 1 aliphatic carbocycles. The van der Waals surface area contributed by atoms with E-state index in [1.807, 2.05) is 12.1 Å². The molecule has 1 saturated carbocycles. The van der Waals surface area contributed by atoms with E-state index in [2.05, 4.69) is 17.0 Å². The van der Waals surface area contributed by atoms with Crippen molar-refractivity contribution < 1.29 is 23.0 Å². The van der Waals surface area contributed by atoms with Gasteiger partial charge in [0.05, 0.1) is 5.56 Å². The molecule has 1 unspecified atom stereocenters. The Morgan fingerprint density at radius 3 is 2.23 bits per heavy atom. The molecule has 1 heterocycles. The summed E-state index contributed by atoms with van der Waals surface area (Å²) in [4.78, 5) is 2.30. The quantitative estimate of drug-likeness (QED) is 0.610. The highest BCUT2D eigenvalue weighted by atomic mass is 35.5. The highest BCUT2D eigenvalue weighted by Crippen LogP contribution is 2.45. The van der Waals surface area contributed by atoms with Crippen molar-refractivity contribution in [3.8, 4) is 5.75 Å². The van der Waals surface area contributed by atoms with Crippen molar-refractivity contribution in [3.05, 3.63) is 64.7 Å². The molecule has 1 saturated heterocycles. The zero-order valence-corrected chi connectivity index (χ0v) is 18.1. The molecule has 3 nitrogen and oxygen atoms in total. The van der Waals surface area contributed by atoms with Gasteiger partial charge in [-0.2, -0.15) is 13.2 Å². The van der Waals surface area contributed by atoms with Crippen molar-refractivity contribution in [2.45, 2.75) is 49.3 Å². The number of β-amino-alcohol motifs (C(OH)–C–C–N with tert-alkyl or cyclic N) is 1. The van der Waals surface area contributed by atoms with Crippen molar-refractivity contribution in [1.29, 1.82) is 0 Å². The summed E-state index contributed by atoms with van der Waals surface area (Å²) in [6.07, 6.45) is 0.513. The van der Waals surface area contributed by atoms with Crippen molar-refractivity contribution in [3.63, 3.8) is 0 Å². The van der Waals surface area contributed by atoms with Gasteiger partial charge in [0.2, 0.25) is 0 Å². The van der Waals surface area contributed by atoms with E-state index in [0.717, 1.165) is 49.5 Å². The summed E-state index contributed by atoms with van der Waals surface area (Å²) in [5.74, 6) is 0.329. The molecule has 2 aromatic carbocycles. The first kappa shape index (κ1) is 22.4. The number of nitrogens with zero attached hydrogens (tertiary/aromatic N) is 1. The fraction of sp³-hybridized carbons (Fsp3) is 0.500. The first-order chi connectivity index (χ1) is 14.7. The van der Waals surface area contributed by atoms with Crippen LogP contribution in [0.5, 0.6) is 5.75 Å². The van der Waals surface area contributed by atoms with Crippen LogP contribution < -0.4 is 4.74 Å². The van der Waals surface area contributed by atoms with E-state index in [4.69, 9.17) is 16.3 Å². The van der Waals surface area contributed by atoms with Crippen LogP contribution in [-0.4, -0.2) is 41.8 Å². The Kier molecular flexibility index (Phi) is 6.25. The van der Waals surface area contributed by atoms with Crippen LogP contribution in [0.2, 0.25) is 5.02 Å². The Labute approximate surface area is 185 Å². The fourth-order valence-corrected chi connectivity index (χ4v) is 4.92. The number of benzene rings is 2. The van der Waals surface area contributed by atoms with Crippen LogP contribution in [0, 0.1) is 0 Å². The first-order valence-corrected chi connectivity index (χ1v) is 11.1. The summed E-state index contributed by atoms with van der Waals surface area (Å²) >= 11 is 6.06. The summed E-state index contributed by atoms with van der Waals surface area (Å²) in [6, 6.07) is 12.7. The molecule has 2 aliphatic rings. The van der Waals surface area contributed by atoms with Crippen molar-refractivity contribution in [2.75, 3.05) is 26.2 Å². The average Bonchev–Trinajstić information content (AvgIpc) is 2.70. The smallest absolute Gasteiger partial charge is 0.416 e. The van der Waals surface area contributed by atoms with E-state index < -0.39 is 17.3 Å². The summed E-state index contributed by atoms with van der Waals surface area (Å²) in [7, 11) is 0. The van der Waals surface area contributed by atoms with Crippen molar-refractivity contribution >= 4 is 11.6 Å². The van der Waals surface area contributed by atoms with Gasteiger partial charge in [0.15, 0.2) is 0 Å². The van der Waals surface area contributed by atoms with Gasteiger partial charge >= 0.3 is 6.18 Å². The van der Waals surface area contributed by atoms with E-state index in [-0.39, 0.29) is 12.0 Å². The van der Waals surface area contributed by atoms with Gasteiger partial charge in [0.1, 0.15) is 18.0 Å². The number of hydrogen-bond acceptors (Lipinski definition) is 3. The lowest BCUT2D eigenvalue weighted by molar-refractivity contribution is -0.137. The number of likely N-dealkylation sites (tertiary alicyclic amines) is 1. The number of halogens is 4. The Bertz CT molecular complexity index is 881. The molecular weight excluding hydrogens is 427 g/mol. The van der Waals surface area contributed by atoms with Gasteiger partial charge in [0, 0.05) is 23.5 Å². The van der Waals surface area contributed by atoms with Crippen LogP contribution in [0.3, 0.4) is 0 Å². The maximum Gasteiger partial charge on any atom is 0.416 e. The Hall–Kier alpha value is -1.76. The second-order valence-electron chi connectivity index (χ2n) is 8.99. The number of aliphatic hydroxyl groups is 1. The molecule has 2 fully saturated rings. The van der Waals surface area contributed by atoms with Gasteiger partial charge < -0.3 is 9.84 Å². The van der Waals surface area contributed by atoms with Crippen molar-refractivity contribution in [2.24, 2.45) is 0 Å². The van der Waals surface area contributed by atoms with E-state index in [9.17, 15) is 18.3 Å². The summed E-state index contributed by atoms with van der Waals surface area (Å²) in [6.45, 7) is 2.33. The molecule has 1 N–H and O–H groups in total. The lowest BCUT2D eigenvalue weighted by Gasteiger charge is -2.48. The lowest BCUT2D eigenvalue weighted by Crippen LogP contribution is -2.55. The van der Waals surface area contributed by atoms with Gasteiger partial charge in [-0.05, 0) is 74.2 Å². The third-order valence-corrected chi connectivity index (χ3v) is 6.87. The van der Waals surface area contributed by atoms with Crippen LogP contribution in [0.1, 0.15) is 43.2 Å². The van der Waals surface area contributed by atoms with Gasteiger partial charge in [0.25, 0.3) is 0 Å². The largest absolute Gasteiger partial charge is 0.491 e. The molecule has 0 aromatic heterocycles. The van der Waals surface area contributed by atoms with Crippen molar-refractivity contribution in [1.82, 2.24) is 4.90 Å². The molecule has 1 atom stereocenters. The molecule has 0 radical (unpaired) electrons. The number of hydrogen-bond donors (Lipinski definition) is 1. The van der Waals surface area contributed by atoms with E-state index in [0.29, 0.717) is 18.7 Å². The minimum absolute atomic E-state index is 0.0583. The molecule has 1 aliphatic heterocycles. The zero-order chi connectivity index (χ0) is 22.1. The number of alkyl halides is 3. The Balaban J connectivity index is 1.37. The molecular formula is C24H27ClF3NO2.